The molecule has 0 bridgehead atoms. The van der Waals surface area contributed by atoms with E-state index in [-0.39, 0.29) is 11.8 Å². The number of benzene rings is 1. The van der Waals surface area contributed by atoms with E-state index in [9.17, 15) is 9.59 Å². The van der Waals surface area contributed by atoms with Crippen LogP contribution in [0.25, 0.3) is 0 Å². The number of aromatic nitrogens is 1. The molecule has 1 saturated heterocycles. The number of anilines is 1. The van der Waals surface area contributed by atoms with Crippen LogP contribution in [0.3, 0.4) is 0 Å². The molecular formula is C20H23N3O2. The molecule has 0 atom stereocenters. The van der Waals surface area contributed by atoms with Gasteiger partial charge in [-0.1, -0.05) is 6.07 Å². The van der Waals surface area contributed by atoms with Crippen LogP contribution in [0.15, 0.2) is 42.7 Å². The van der Waals surface area contributed by atoms with Crippen molar-refractivity contribution < 1.29 is 9.59 Å². The molecule has 1 aliphatic heterocycles. The van der Waals surface area contributed by atoms with Crippen molar-refractivity contribution >= 4 is 17.5 Å². The third kappa shape index (κ3) is 3.71. The molecule has 2 amide bonds. The fourth-order valence-corrected chi connectivity index (χ4v) is 3.21. The molecule has 2 heterocycles. The van der Waals surface area contributed by atoms with Crippen LogP contribution in [-0.2, 0) is 0 Å². The summed E-state index contributed by atoms with van der Waals surface area (Å²) in [6.45, 7) is 3.52. The number of aryl methyl sites for hydroxylation is 1. The number of carbonyl (C=O) groups is 2. The first-order chi connectivity index (χ1) is 12.1. The Balaban J connectivity index is 1.82. The Bertz CT molecular complexity index is 782. The van der Waals surface area contributed by atoms with E-state index in [4.69, 9.17) is 0 Å². The molecule has 5 heteroatoms. The second kappa shape index (κ2) is 7.47. The molecule has 0 aliphatic carbocycles. The second-order valence-electron chi connectivity index (χ2n) is 6.46. The van der Waals surface area contributed by atoms with E-state index in [1.807, 2.05) is 17.9 Å². The van der Waals surface area contributed by atoms with Crippen molar-refractivity contribution in [3.63, 3.8) is 0 Å². The molecule has 0 N–H and O–H groups in total. The van der Waals surface area contributed by atoms with Crippen molar-refractivity contribution in [2.75, 3.05) is 25.0 Å². The molecule has 130 valence electrons. The lowest BCUT2D eigenvalue weighted by atomic mass is 10.1. The third-order valence-corrected chi connectivity index (χ3v) is 4.66. The van der Waals surface area contributed by atoms with Crippen LogP contribution in [-0.4, -0.2) is 41.8 Å². The molecule has 3 rings (SSSR count). The molecule has 1 aromatic carbocycles. The van der Waals surface area contributed by atoms with Crippen LogP contribution < -0.4 is 4.90 Å². The molecule has 0 spiro atoms. The highest BCUT2D eigenvalue weighted by molar-refractivity contribution is 6.07. The molecule has 5 nitrogen and oxygen atoms in total. The van der Waals surface area contributed by atoms with Gasteiger partial charge in [0.1, 0.15) is 0 Å². The van der Waals surface area contributed by atoms with Crippen LogP contribution in [0.5, 0.6) is 0 Å². The van der Waals surface area contributed by atoms with Gasteiger partial charge < -0.3 is 9.80 Å². The highest BCUT2D eigenvalue weighted by Crippen LogP contribution is 2.20. The summed E-state index contributed by atoms with van der Waals surface area (Å²) in [5.74, 6) is -0.125. The van der Waals surface area contributed by atoms with Crippen molar-refractivity contribution in [1.29, 1.82) is 0 Å². The van der Waals surface area contributed by atoms with E-state index in [1.165, 1.54) is 6.42 Å². The van der Waals surface area contributed by atoms with Gasteiger partial charge in [-0.05, 0) is 56.0 Å². The highest BCUT2D eigenvalue weighted by Gasteiger charge is 2.20. The van der Waals surface area contributed by atoms with Gasteiger partial charge in [0.05, 0.1) is 0 Å². The summed E-state index contributed by atoms with van der Waals surface area (Å²) in [5.41, 5.74) is 2.83. The van der Waals surface area contributed by atoms with Crippen LogP contribution in [0.2, 0.25) is 0 Å². The molecule has 1 aromatic heterocycles. The van der Waals surface area contributed by atoms with Gasteiger partial charge in [0, 0.05) is 49.3 Å². The fraction of sp³-hybridized carbons (Fsp3) is 0.350. The Morgan fingerprint density at radius 2 is 1.80 bits per heavy atom. The van der Waals surface area contributed by atoms with Gasteiger partial charge in [0.2, 0.25) is 0 Å². The first-order valence-electron chi connectivity index (χ1n) is 8.66. The number of nitrogens with zero attached hydrogens (tertiary/aromatic N) is 3. The summed E-state index contributed by atoms with van der Waals surface area (Å²) in [5, 5.41) is 0. The molecule has 0 saturated carbocycles. The van der Waals surface area contributed by atoms with Crippen molar-refractivity contribution in [3.8, 4) is 0 Å². The maximum atomic E-state index is 12.8. The number of likely N-dealkylation sites (tertiary alicyclic amines) is 1. The minimum Gasteiger partial charge on any atom is -0.339 e. The first kappa shape index (κ1) is 17.1. The van der Waals surface area contributed by atoms with Crippen LogP contribution >= 0.6 is 0 Å². The van der Waals surface area contributed by atoms with E-state index < -0.39 is 0 Å². The second-order valence-corrected chi connectivity index (χ2v) is 6.46. The van der Waals surface area contributed by atoms with Gasteiger partial charge in [-0.2, -0.15) is 0 Å². The number of rotatable bonds is 3. The van der Waals surface area contributed by atoms with E-state index in [0.717, 1.165) is 37.2 Å². The summed E-state index contributed by atoms with van der Waals surface area (Å²) < 4.78 is 0. The summed E-state index contributed by atoms with van der Waals surface area (Å²) in [4.78, 5) is 33.0. The summed E-state index contributed by atoms with van der Waals surface area (Å²) in [6.07, 6.45) is 6.68. The highest BCUT2D eigenvalue weighted by atomic mass is 16.2. The fourth-order valence-electron chi connectivity index (χ4n) is 3.21. The molecular weight excluding hydrogens is 314 g/mol. The summed E-state index contributed by atoms with van der Waals surface area (Å²) in [7, 11) is 1.74. The average molecular weight is 337 g/mol. The zero-order valence-corrected chi connectivity index (χ0v) is 14.7. The quantitative estimate of drug-likeness (QED) is 0.863. The molecule has 1 fully saturated rings. The molecule has 25 heavy (non-hydrogen) atoms. The molecule has 2 aromatic rings. The number of pyridine rings is 1. The topological polar surface area (TPSA) is 53.5 Å². The Morgan fingerprint density at radius 3 is 2.52 bits per heavy atom. The molecule has 0 radical (unpaired) electrons. The lowest BCUT2D eigenvalue weighted by molar-refractivity contribution is 0.0724. The van der Waals surface area contributed by atoms with E-state index in [0.29, 0.717) is 11.1 Å². The maximum absolute atomic E-state index is 12.8. The van der Waals surface area contributed by atoms with Crippen molar-refractivity contribution in [2.45, 2.75) is 26.2 Å². The zero-order chi connectivity index (χ0) is 17.8. The lowest BCUT2D eigenvalue weighted by Gasteiger charge is -2.27. The Labute approximate surface area is 148 Å². The van der Waals surface area contributed by atoms with Gasteiger partial charge in [-0.3, -0.25) is 14.6 Å². The number of amides is 2. The standard InChI is InChI=1S/C20H23N3O2/c1-15-14-21-10-9-18(15)22(2)19(24)16-7-6-8-17(13-16)20(25)23-11-4-3-5-12-23/h6-10,13-14H,3-5,11-12H2,1-2H3. The predicted molar refractivity (Wildman–Crippen MR) is 97.9 cm³/mol. The van der Waals surface area contributed by atoms with Gasteiger partial charge in [-0.25, -0.2) is 0 Å². The summed E-state index contributed by atoms with van der Waals surface area (Å²) >= 11 is 0. The van der Waals surface area contributed by atoms with E-state index >= 15 is 0 Å². The van der Waals surface area contributed by atoms with Gasteiger partial charge in [-0.15, -0.1) is 0 Å². The van der Waals surface area contributed by atoms with E-state index in [2.05, 4.69) is 4.98 Å². The Kier molecular flexibility index (Phi) is 5.12. The van der Waals surface area contributed by atoms with Crippen molar-refractivity contribution in [3.05, 3.63) is 59.4 Å². The minimum atomic E-state index is -0.136. The van der Waals surface area contributed by atoms with E-state index in [1.54, 1.807) is 48.6 Å². The SMILES string of the molecule is Cc1cnccc1N(C)C(=O)c1cccc(C(=O)N2CCCCC2)c1. The van der Waals surface area contributed by atoms with Gasteiger partial charge >= 0.3 is 0 Å². The van der Waals surface area contributed by atoms with Gasteiger partial charge in [0.15, 0.2) is 0 Å². The normalized spacial score (nSPS) is 14.2. The van der Waals surface area contributed by atoms with Crippen LogP contribution in [0, 0.1) is 6.92 Å². The number of piperidine rings is 1. The number of hydrogen-bond donors (Lipinski definition) is 0. The third-order valence-electron chi connectivity index (χ3n) is 4.66. The maximum Gasteiger partial charge on any atom is 0.258 e. The molecule has 1 aliphatic rings. The zero-order valence-electron chi connectivity index (χ0n) is 14.7. The average Bonchev–Trinajstić information content (AvgIpc) is 2.67. The monoisotopic (exact) mass is 337 g/mol. The predicted octanol–water partition coefficient (Wildman–Crippen LogP) is 3.29. The Morgan fingerprint density at radius 1 is 1.08 bits per heavy atom. The smallest absolute Gasteiger partial charge is 0.258 e. The number of carbonyl (C=O) groups excluding carboxylic acids is 2. The van der Waals surface area contributed by atoms with Crippen LogP contribution in [0.1, 0.15) is 45.5 Å². The first-order valence-corrected chi connectivity index (χ1v) is 8.66. The van der Waals surface area contributed by atoms with Crippen molar-refractivity contribution in [1.82, 2.24) is 9.88 Å². The summed E-state index contributed by atoms with van der Waals surface area (Å²) in [6, 6.07) is 8.83. The Hall–Kier alpha value is -2.69. The van der Waals surface area contributed by atoms with Gasteiger partial charge in [0.25, 0.3) is 11.8 Å². The lowest BCUT2D eigenvalue weighted by Crippen LogP contribution is -2.35. The molecule has 0 unspecified atom stereocenters. The number of hydrogen-bond acceptors (Lipinski definition) is 3. The largest absolute Gasteiger partial charge is 0.339 e. The minimum absolute atomic E-state index is 0.0112. The van der Waals surface area contributed by atoms with Crippen molar-refractivity contribution in [2.24, 2.45) is 0 Å². The van der Waals surface area contributed by atoms with Crippen LogP contribution in [0.4, 0.5) is 5.69 Å².